The molecule has 0 heterocycles. The van der Waals surface area contributed by atoms with Crippen LogP contribution in [0.25, 0.3) is 0 Å². The van der Waals surface area contributed by atoms with Gasteiger partial charge in [-0.3, -0.25) is 5.11 Å². The first-order valence-electron chi connectivity index (χ1n) is 8.35. The van der Waals surface area contributed by atoms with Gasteiger partial charge in [-0.15, -0.1) is 23.5 Å². The number of thioether (sulfide) groups is 2. The fraction of sp³-hybridized carbons (Fsp3) is 0.667. The first-order valence-corrected chi connectivity index (χ1v) is 10.3. The van der Waals surface area contributed by atoms with Crippen molar-refractivity contribution in [1.82, 2.24) is 0 Å². The minimum Gasteiger partial charge on any atom is -0.287 e. The molecule has 1 nitrogen and oxygen atoms in total. The zero-order valence-electron chi connectivity index (χ0n) is 13.5. The summed E-state index contributed by atoms with van der Waals surface area (Å²) in [5.74, 6) is 2.39. The minimum atomic E-state index is 0.249. The van der Waals surface area contributed by atoms with Crippen molar-refractivity contribution >= 4 is 23.5 Å². The number of hydrogen-bond donors (Lipinski definition) is 0. The van der Waals surface area contributed by atoms with E-state index >= 15 is 0 Å². The maximum atomic E-state index is 12.4. The molecule has 0 spiro atoms. The fourth-order valence-corrected chi connectivity index (χ4v) is 4.18. The van der Waals surface area contributed by atoms with E-state index in [0.717, 1.165) is 21.3 Å². The molecule has 0 saturated heterocycles. The molecule has 0 saturated carbocycles. The summed E-state index contributed by atoms with van der Waals surface area (Å²) in [6, 6.07) is 5.99. The number of unbranched alkanes of at least 4 members (excludes halogenated alkanes) is 6. The lowest BCUT2D eigenvalue weighted by atomic mass is 10.2. The maximum Gasteiger partial charge on any atom is 0.205 e. The Morgan fingerprint density at radius 1 is 0.762 bits per heavy atom. The van der Waals surface area contributed by atoms with Crippen molar-refractivity contribution in [1.29, 1.82) is 0 Å². The zero-order chi connectivity index (χ0) is 15.3. The first-order chi connectivity index (χ1) is 10.3. The van der Waals surface area contributed by atoms with Crippen LogP contribution < -0.4 is 0 Å². The standard InChI is InChI=1S/C18H29OS2/c1-3-5-7-9-14-20-16-12-11-13-17(18(16)19)21-15-10-8-6-4-2/h11-13H,3-10,14-15H2,1-2H3. The molecule has 0 aliphatic heterocycles. The van der Waals surface area contributed by atoms with Crippen LogP contribution in [0.4, 0.5) is 0 Å². The molecule has 0 aliphatic carbocycles. The molecule has 0 N–H and O–H groups in total. The monoisotopic (exact) mass is 325 g/mol. The lowest BCUT2D eigenvalue weighted by Crippen LogP contribution is -1.85. The van der Waals surface area contributed by atoms with Crippen molar-refractivity contribution < 1.29 is 5.11 Å². The molecule has 0 amide bonds. The summed E-state index contributed by atoms with van der Waals surface area (Å²) in [6.45, 7) is 4.45. The molecule has 1 rings (SSSR count). The summed E-state index contributed by atoms with van der Waals surface area (Å²) in [5.41, 5.74) is 0. The molecule has 1 aromatic carbocycles. The Labute approximate surface area is 139 Å². The molecular formula is C18H29OS2. The van der Waals surface area contributed by atoms with Gasteiger partial charge in [0.1, 0.15) is 0 Å². The van der Waals surface area contributed by atoms with E-state index in [0.29, 0.717) is 0 Å². The van der Waals surface area contributed by atoms with E-state index in [2.05, 4.69) is 13.8 Å². The highest BCUT2D eigenvalue weighted by Crippen LogP contribution is 2.38. The van der Waals surface area contributed by atoms with Crippen LogP contribution in [0.1, 0.15) is 65.2 Å². The van der Waals surface area contributed by atoms with Crippen LogP contribution in [-0.4, -0.2) is 11.5 Å². The van der Waals surface area contributed by atoms with Gasteiger partial charge < -0.3 is 0 Å². The van der Waals surface area contributed by atoms with Gasteiger partial charge in [0, 0.05) is 0 Å². The third-order valence-electron chi connectivity index (χ3n) is 3.45. The van der Waals surface area contributed by atoms with Crippen LogP contribution in [0.5, 0.6) is 5.75 Å². The number of para-hydroxylation sites is 1. The Kier molecular flexibility index (Phi) is 11.0. The summed E-state index contributed by atoms with van der Waals surface area (Å²) in [4.78, 5) is 1.87. The van der Waals surface area contributed by atoms with Crippen molar-refractivity contribution in [2.24, 2.45) is 0 Å². The van der Waals surface area contributed by atoms with Crippen LogP contribution in [0.15, 0.2) is 28.0 Å². The molecule has 0 aliphatic rings. The van der Waals surface area contributed by atoms with Crippen LogP contribution in [0, 0.1) is 0 Å². The first kappa shape index (κ1) is 18.8. The molecule has 0 aromatic heterocycles. The van der Waals surface area contributed by atoms with E-state index in [1.165, 1.54) is 51.4 Å². The van der Waals surface area contributed by atoms with E-state index in [9.17, 15) is 5.11 Å². The summed E-state index contributed by atoms with van der Waals surface area (Å²) >= 11 is 3.47. The van der Waals surface area contributed by atoms with Gasteiger partial charge in [-0.05, 0) is 36.5 Å². The van der Waals surface area contributed by atoms with Crippen LogP contribution in [0.2, 0.25) is 0 Å². The van der Waals surface area contributed by atoms with Gasteiger partial charge in [0.05, 0.1) is 9.79 Å². The third-order valence-corrected chi connectivity index (χ3v) is 5.70. The highest BCUT2D eigenvalue weighted by molar-refractivity contribution is 8.00. The van der Waals surface area contributed by atoms with Crippen molar-refractivity contribution in [3.05, 3.63) is 18.2 Å². The second-order valence-corrected chi connectivity index (χ2v) is 7.68. The predicted octanol–water partition coefficient (Wildman–Crippen LogP) is 7.18. The van der Waals surface area contributed by atoms with Gasteiger partial charge in [0.25, 0.3) is 0 Å². The molecule has 0 bridgehead atoms. The largest absolute Gasteiger partial charge is 0.287 e. The summed E-state index contributed by atoms with van der Waals surface area (Å²) < 4.78 is 0. The highest BCUT2D eigenvalue weighted by atomic mass is 32.2. The summed E-state index contributed by atoms with van der Waals surface area (Å²) in [6.07, 6.45) is 10.1. The number of rotatable bonds is 12. The van der Waals surface area contributed by atoms with Crippen molar-refractivity contribution in [3.8, 4) is 5.75 Å². The third kappa shape index (κ3) is 8.06. The topological polar surface area (TPSA) is 19.9 Å². The smallest absolute Gasteiger partial charge is 0.205 e. The maximum absolute atomic E-state index is 12.4. The quantitative estimate of drug-likeness (QED) is 0.300. The van der Waals surface area contributed by atoms with E-state index in [1.807, 2.05) is 18.2 Å². The summed E-state index contributed by atoms with van der Waals surface area (Å²) in [7, 11) is 0. The molecule has 1 radical (unpaired) electrons. The van der Waals surface area contributed by atoms with E-state index < -0.39 is 0 Å². The number of benzene rings is 1. The molecular weight excluding hydrogens is 296 g/mol. The lowest BCUT2D eigenvalue weighted by Gasteiger charge is -2.07. The molecule has 119 valence electrons. The van der Waals surface area contributed by atoms with Gasteiger partial charge >= 0.3 is 0 Å². The molecule has 3 heteroatoms. The van der Waals surface area contributed by atoms with Crippen molar-refractivity contribution in [3.63, 3.8) is 0 Å². The normalized spacial score (nSPS) is 11.0. The Hall–Kier alpha value is -0.280. The predicted molar refractivity (Wildman–Crippen MR) is 96.3 cm³/mol. The van der Waals surface area contributed by atoms with Gasteiger partial charge in [-0.1, -0.05) is 58.4 Å². The molecule has 0 fully saturated rings. The van der Waals surface area contributed by atoms with E-state index in [1.54, 1.807) is 23.5 Å². The molecule has 0 unspecified atom stereocenters. The Balaban J connectivity index is 2.35. The Morgan fingerprint density at radius 2 is 1.24 bits per heavy atom. The molecule has 1 aromatic rings. The Morgan fingerprint density at radius 3 is 1.67 bits per heavy atom. The van der Waals surface area contributed by atoms with Crippen molar-refractivity contribution in [2.45, 2.75) is 75.0 Å². The molecule has 21 heavy (non-hydrogen) atoms. The van der Waals surface area contributed by atoms with E-state index in [-0.39, 0.29) is 5.75 Å². The van der Waals surface area contributed by atoms with Gasteiger partial charge in [0.2, 0.25) is 5.75 Å². The van der Waals surface area contributed by atoms with E-state index in [4.69, 9.17) is 0 Å². The van der Waals surface area contributed by atoms with Gasteiger partial charge in [0.15, 0.2) is 0 Å². The van der Waals surface area contributed by atoms with Crippen molar-refractivity contribution in [2.75, 3.05) is 11.5 Å². The average Bonchev–Trinajstić information content (AvgIpc) is 2.50. The van der Waals surface area contributed by atoms with Crippen LogP contribution in [0.3, 0.4) is 0 Å². The second-order valence-electron chi connectivity index (χ2n) is 5.40. The summed E-state index contributed by atoms with van der Waals surface area (Å²) in [5, 5.41) is 12.4. The zero-order valence-corrected chi connectivity index (χ0v) is 15.2. The number of hydrogen-bond acceptors (Lipinski definition) is 2. The average molecular weight is 326 g/mol. The SMILES string of the molecule is CCCCCCSc1cccc(SCCCCCC)c1[O]. The minimum absolute atomic E-state index is 0.249. The van der Waals surface area contributed by atoms with Gasteiger partial charge in [-0.25, -0.2) is 0 Å². The van der Waals surface area contributed by atoms with Gasteiger partial charge in [-0.2, -0.15) is 0 Å². The highest BCUT2D eigenvalue weighted by Gasteiger charge is 2.09. The Bertz CT molecular complexity index is 347. The van der Waals surface area contributed by atoms with Crippen LogP contribution in [-0.2, 0) is 5.11 Å². The second kappa shape index (κ2) is 12.3. The molecule has 0 atom stereocenters. The lowest BCUT2D eigenvalue weighted by molar-refractivity contribution is 0.334. The fourth-order valence-electron chi connectivity index (χ4n) is 2.14. The van der Waals surface area contributed by atoms with Crippen LogP contribution >= 0.6 is 23.5 Å².